The maximum Gasteiger partial charge on any atom is 0.123 e. The zero-order valence-corrected chi connectivity index (χ0v) is 7.64. The van der Waals surface area contributed by atoms with E-state index in [-0.39, 0.29) is 0 Å². The van der Waals surface area contributed by atoms with Crippen molar-refractivity contribution in [3.8, 4) is 0 Å². The Kier molecular flexibility index (Phi) is 2.11. The highest BCUT2D eigenvalue weighted by Gasteiger charge is 2.05. The lowest BCUT2D eigenvalue weighted by molar-refractivity contribution is 0.781. The molecular formula is C6H10BrN3. The second kappa shape index (κ2) is 2.72. The topological polar surface area (TPSA) is 43.8 Å². The third-order valence-corrected chi connectivity index (χ3v) is 2.57. The van der Waals surface area contributed by atoms with Gasteiger partial charge in [0.15, 0.2) is 0 Å². The number of nitrogens with two attached hydrogens (primary N) is 1. The molecule has 10 heavy (non-hydrogen) atoms. The molecule has 4 heteroatoms. The maximum atomic E-state index is 5.43. The van der Waals surface area contributed by atoms with Crippen molar-refractivity contribution in [2.24, 2.45) is 12.8 Å². The normalized spacial score (nSPS) is 10.4. The highest BCUT2D eigenvalue weighted by Crippen LogP contribution is 2.15. The van der Waals surface area contributed by atoms with Gasteiger partial charge in [0.2, 0.25) is 0 Å². The number of hydrogen-bond donors (Lipinski definition) is 1. The lowest BCUT2D eigenvalue weighted by atomic mass is 10.6. The zero-order chi connectivity index (χ0) is 7.72. The molecular weight excluding hydrogens is 194 g/mol. The molecule has 0 aliphatic rings. The Morgan fingerprint density at radius 2 is 2.30 bits per heavy atom. The standard InChI is InChI=1S/C6H10BrN3/c1-4-6(7)10(2)5(3-8)9-4/h3,8H2,1-2H3. The third-order valence-electron chi connectivity index (χ3n) is 1.46. The van der Waals surface area contributed by atoms with Crippen molar-refractivity contribution < 1.29 is 0 Å². The predicted octanol–water partition coefficient (Wildman–Crippen LogP) is 0.950. The van der Waals surface area contributed by atoms with Gasteiger partial charge in [-0.3, -0.25) is 0 Å². The molecule has 0 aromatic carbocycles. The summed E-state index contributed by atoms with van der Waals surface area (Å²) >= 11 is 3.39. The van der Waals surface area contributed by atoms with Crippen LogP contribution in [0.15, 0.2) is 4.60 Å². The maximum absolute atomic E-state index is 5.43. The Morgan fingerprint density at radius 3 is 2.50 bits per heavy atom. The molecule has 56 valence electrons. The Morgan fingerprint density at radius 1 is 1.70 bits per heavy atom. The Balaban J connectivity index is 3.17. The van der Waals surface area contributed by atoms with E-state index < -0.39 is 0 Å². The number of aryl methyl sites for hydroxylation is 1. The lowest BCUT2D eigenvalue weighted by Gasteiger charge is -1.96. The van der Waals surface area contributed by atoms with Crippen molar-refractivity contribution in [1.82, 2.24) is 9.55 Å². The summed E-state index contributed by atoms with van der Waals surface area (Å²) in [5.41, 5.74) is 6.42. The fourth-order valence-corrected chi connectivity index (χ4v) is 1.15. The molecule has 1 aromatic heterocycles. The van der Waals surface area contributed by atoms with E-state index in [1.54, 1.807) is 0 Å². The van der Waals surface area contributed by atoms with Crippen LogP contribution in [0.25, 0.3) is 0 Å². The molecule has 1 rings (SSSR count). The summed E-state index contributed by atoms with van der Waals surface area (Å²) in [5, 5.41) is 0. The van der Waals surface area contributed by atoms with Crippen LogP contribution >= 0.6 is 15.9 Å². The van der Waals surface area contributed by atoms with Crippen molar-refractivity contribution in [2.75, 3.05) is 0 Å². The summed E-state index contributed by atoms with van der Waals surface area (Å²) in [6, 6.07) is 0. The SMILES string of the molecule is Cc1nc(CN)n(C)c1Br. The largest absolute Gasteiger partial charge is 0.325 e. The summed E-state index contributed by atoms with van der Waals surface area (Å²) in [6.45, 7) is 2.44. The van der Waals surface area contributed by atoms with Gasteiger partial charge in [0.25, 0.3) is 0 Å². The second-order valence-electron chi connectivity index (χ2n) is 2.17. The first kappa shape index (κ1) is 7.75. The van der Waals surface area contributed by atoms with Gasteiger partial charge in [-0.1, -0.05) is 0 Å². The van der Waals surface area contributed by atoms with Gasteiger partial charge in [0, 0.05) is 7.05 Å². The van der Waals surface area contributed by atoms with Gasteiger partial charge >= 0.3 is 0 Å². The first-order valence-corrected chi connectivity index (χ1v) is 3.84. The second-order valence-corrected chi connectivity index (χ2v) is 2.92. The molecule has 0 spiro atoms. The number of halogens is 1. The van der Waals surface area contributed by atoms with Gasteiger partial charge in [-0.25, -0.2) is 4.98 Å². The van der Waals surface area contributed by atoms with Gasteiger partial charge in [-0.2, -0.15) is 0 Å². The van der Waals surface area contributed by atoms with Gasteiger partial charge in [-0.05, 0) is 22.9 Å². The molecule has 1 heterocycles. The number of aromatic nitrogens is 2. The van der Waals surface area contributed by atoms with Gasteiger partial charge in [0.1, 0.15) is 10.4 Å². The number of hydrogen-bond acceptors (Lipinski definition) is 2. The monoisotopic (exact) mass is 203 g/mol. The van der Waals surface area contributed by atoms with E-state index >= 15 is 0 Å². The zero-order valence-electron chi connectivity index (χ0n) is 6.06. The van der Waals surface area contributed by atoms with Crippen molar-refractivity contribution in [2.45, 2.75) is 13.5 Å². The van der Waals surface area contributed by atoms with Crippen molar-refractivity contribution in [3.05, 3.63) is 16.1 Å². The Labute approximate surface area is 68.4 Å². The molecule has 0 unspecified atom stereocenters. The van der Waals surface area contributed by atoms with Crippen molar-refractivity contribution in [1.29, 1.82) is 0 Å². The summed E-state index contributed by atoms with van der Waals surface area (Å²) in [6.07, 6.45) is 0. The molecule has 0 radical (unpaired) electrons. The van der Waals surface area contributed by atoms with Crippen LogP contribution in [0, 0.1) is 6.92 Å². The third kappa shape index (κ3) is 1.09. The van der Waals surface area contributed by atoms with Crippen LogP contribution in [0.2, 0.25) is 0 Å². The number of rotatable bonds is 1. The van der Waals surface area contributed by atoms with Gasteiger partial charge < -0.3 is 10.3 Å². The quantitative estimate of drug-likeness (QED) is 0.740. The van der Waals surface area contributed by atoms with Crippen molar-refractivity contribution in [3.63, 3.8) is 0 Å². The number of imidazole rings is 1. The van der Waals surface area contributed by atoms with E-state index in [4.69, 9.17) is 5.73 Å². The van der Waals surface area contributed by atoms with E-state index in [2.05, 4.69) is 20.9 Å². The predicted molar refractivity (Wildman–Crippen MR) is 43.5 cm³/mol. The molecule has 0 atom stereocenters. The first-order valence-electron chi connectivity index (χ1n) is 3.04. The molecule has 0 aliphatic carbocycles. The highest BCUT2D eigenvalue weighted by atomic mass is 79.9. The minimum Gasteiger partial charge on any atom is -0.325 e. The fourth-order valence-electron chi connectivity index (χ4n) is 0.853. The minimum atomic E-state index is 0.489. The molecule has 3 nitrogen and oxygen atoms in total. The Bertz CT molecular complexity index is 241. The summed E-state index contributed by atoms with van der Waals surface area (Å²) in [7, 11) is 1.94. The van der Waals surface area contributed by atoms with Crippen LogP contribution in [0.1, 0.15) is 11.5 Å². The molecule has 0 saturated heterocycles. The van der Waals surface area contributed by atoms with Crippen molar-refractivity contribution >= 4 is 15.9 Å². The fraction of sp³-hybridized carbons (Fsp3) is 0.500. The molecule has 0 bridgehead atoms. The molecule has 2 N–H and O–H groups in total. The van der Waals surface area contributed by atoms with E-state index in [0.29, 0.717) is 6.54 Å². The van der Waals surface area contributed by atoms with Crippen LogP contribution in [-0.4, -0.2) is 9.55 Å². The molecule has 0 saturated carbocycles. The average molecular weight is 204 g/mol. The molecule has 1 aromatic rings. The number of nitrogens with zero attached hydrogens (tertiary/aromatic N) is 2. The van der Waals surface area contributed by atoms with E-state index in [1.807, 2.05) is 18.5 Å². The first-order chi connectivity index (χ1) is 4.66. The average Bonchev–Trinajstić information content (AvgIpc) is 2.17. The van der Waals surface area contributed by atoms with E-state index in [0.717, 1.165) is 16.1 Å². The van der Waals surface area contributed by atoms with Crippen LogP contribution in [-0.2, 0) is 13.6 Å². The van der Waals surface area contributed by atoms with Crippen LogP contribution in [0.4, 0.5) is 0 Å². The van der Waals surface area contributed by atoms with E-state index in [9.17, 15) is 0 Å². The molecule has 0 amide bonds. The minimum absolute atomic E-state index is 0.489. The summed E-state index contributed by atoms with van der Waals surface area (Å²) in [5.74, 6) is 0.907. The summed E-state index contributed by atoms with van der Waals surface area (Å²) in [4.78, 5) is 4.22. The van der Waals surface area contributed by atoms with Crippen LogP contribution in [0.5, 0.6) is 0 Å². The Hall–Kier alpha value is -0.350. The van der Waals surface area contributed by atoms with Crippen LogP contribution in [0.3, 0.4) is 0 Å². The smallest absolute Gasteiger partial charge is 0.123 e. The molecule has 0 aliphatic heterocycles. The van der Waals surface area contributed by atoms with Gasteiger partial charge in [0.05, 0.1) is 12.2 Å². The molecule has 0 fully saturated rings. The summed E-state index contributed by atoms with van der Waals surface area (Å²) < 4.78 is 2.95. The highest BCUT2D eigenvalue weighted by molar-refractivity contribution is 9.10. The van der Waals surface area contributed by atoms with Crippen LogP contribution < -0.4 is 5.73 Å². The van der Waals surface area contributed by atoms with E-state index in [1.165, 1.54) is 0 Å². The lowest BCUT2D eigenvalue weighted by Crippen LogP contribution is -2.04. The van der Waals surface area contributed by atoms with Gasteiger partial charge in [-0.15, -0.1) is 0 Å².